The summed E-state index contributed by atoms with van der Waals surface area (Å²) in [4.78, 5) is 25.2. The highest BCUT2D eigenvalue weighted by molar-refractivity contribution is 5.94. The van der Waals surface area contributed by atoms with E-state index >= 15 is 0 Å². The summed E-state index contributed by atoms with van der Waals surface area (Å²) in [5.41, 5.74) is 7.74. The van der Waals surface area contributed by atoms with Crippen LogP contribution in [0.2, 0.25) is 0 Å². The first-order chi connectivity index (χ1) is 13.9. The molecule has 6 heteroatoms. The van der Waals surface area contributed by atoms with Crippen LogP contribution in [-0.2, 0) is 11.8 Å². The van der Waals surface area contributed by atoms with Crippen LogP contribution >= 0.6 is 0 Å². The summed E-state index contributed by atoms with van der Waals surface area (Å²) in [5.74, 6) is 0.688. The number of hydrogen-bond acceptors (Lipinski definition) is 2. The molecule has 29 heavy (non-hydrogen) atoms. The molecule has 2 amide bonds. The lowest BCUT2D eigenvalue weighted by molar-refractivity contribution is -0.145. The van der Waals surface area contributed by atoms with Crippen LogP contribution in [0.3, 0.4) is 0 Å². The van der Waals surface area contributed by atoms with Gasteiger partial charge in [-0.15, -0.1) is 0 Å². The number of aromatic nitrogens is 1. The van der Waals surface area contributed by atoms with Crippen molar-refractivity contribution in [2.75, 3.05) is 0 Å². The third-order valence-electron chi connectivity index (χ3n) is 7.59. The van der Waals surface area contributed by atoms with Gasteiger partial charge in [0.1, 0.15) is 11.5 Å². The molecule has 4 saturated carbocycles. The molecule has 4 aliphatic rings. The van der Waals surface area contributed by atoms with Crippen molar-refractivity contribution in [2.45, 2.75) is 38.1 Å². The number of carbonyl (C=O) groups is 2. The molecule has 1 aromatic carbocycles. The van der Waals surface area contributed by atoms with E-state index in [1.807, 2.05) is 23.7 Å². The second-order valence-corrected chi connectivity index (χ2v) is 9.28. The number of carbonyl (C=O) groups excluding carboxylic acids is 2. The molecule has 0 saturated heterocycles. The van der Waals surface area contributed by atoms with Crippen LogP contribution in [-0.4, -0.2) is 22.4 Å². The van der Waals surface area contributed by atoms with Gasteiger partial charge in [0.05, 0.1) is 0 Å². The molecule has 4 bridgehead atoms. The number of nitrogens with two attached hydrogens (primary N) is 1. The van der Waals surface area contributed by atoms with Crippen molar-refractivity contribution in [3.8, 4) is 11.3 Å². The SMILES string of the molecule is Cn1c(C(=O)NC2C3CC4CC2CC(C(N)=O)(C4)C3)ccc1-c1ccc(F)cc1. The predicted molar refractivity (Wildman–Crippen MR) is 107 cm³/mol. The second-order valence-electron chi connectivity index (χ2n) is 9.28. The number of benzene rings is 1. The maximum absolute atomic E-state index is 13.2. The number of hydrogen-bond donors (Lipinski definition) is 2. The maximum atomic E-state index is 13.2. The van der Waals surface area contributed by atoms with Crippen molar-refractivity contribution < 1.29 is 14.0 Å². The minimum Gasteiger partial charge on any atom is -0.369 e. The minimum atomic E-state index is -0.349. The fraction of sp³-hybridized carbons (Fsp3) is 0.478. The maximum Gasteiger partial charge on any atom is 0.268 e. The standard InChI is InChI=1S/C23H26FN3O2/c1-27-18(14-2-4-17(24)5-3-14)6-7-19(27)21(28)26-20-15-8-13-9-16(20)12-23(10-13,11-15)22(25)29/h2-7,13,15-16,20H,8-12H2,1H3,(H2,25,29)(H,26,28). The van der Waals surface area contributed by atoms with Gasteiger partial charge in [-0.05, 0) is 91.8 Å². The van der Waals surface area contributed by atoms with Gasteiger partial charge >= 0.3 is 0 Å². The summed E-state index contributed by atoms with van der Waals surface area (Å²) in [6, 6.07) is 10.1. The summed E-state index contributed by atoms with van der Waals surface area (Å²) in [6.45, 7) is 0. The van der Waals surface area contributed by atoms with E-state index in [-0.39, 0.29) is 29.1 Å². The van der Waals surface area contributed by atoms with Crippen LogP contribution in [0.25, 0.3) is 11.3 Å². The van der Waals surface area contributed by atoms with E-state index in [4.69, 9.17) is 5.73 Å². The molecule has 0 radical (unpaired) electrons. The van der Waals surface area contributed by atoms with Crippen molar-refractivity contribution in [1.82, 2.24) is 9.88 Å². The van der Waals surface area contributed by atoms with Crippen LogP contribution in [0.4, 0.5) is 4.39 Å². The highest BCUT2D eigenvalue weighted by Gasteiger charge is 2.58. The zero-order valence-electron chi connectivity index (χ0n) is 16.5. The first kappa shape index (κ1) is 18.4. The van der Waals surface area contributed by atoms with Crippen LogP contribution in [0, 0.1) is 29.0 Å². The zero-order valence-corrected chi connectivity index (χ0v) is 16.5. The Morgan fingerprint density at radius 3 is 2.34 bits per heavy atom. The molecule has 3 N–H and O–H groups in total. The summed E-state index contributed by atoms with van der Waals surface area (Å²) < 4.78 is 15.1. The summed E-state index contributed by atoms with van der Waals surface area (Å²) in [5, 5.41) is 3.28. The van der Waals surface area contributed by atoms with Crippen LogP contribution < -0.4 is 11.1 Å². The van der Waals surface area contributed by atoms with Crippen LogP contribution in [0.15, 0.2) is 36.4 Å². The topological polar surface area (TPSA) is 77.1 Å². The van der Waals surface area contributed by atoms with E-state index in [9.17, 15) is 14.0 Å². The Kier molecular flexibility index (Phi) is 4.09. The lowest BCUT2D eigenvalue weighted by atomic mass is 9.47. The Hall–Kier alpha value is -2.63. The molecule has 1 heterocycles. The van der Waals surface area contributed by atoms with Gasteiger partial charge in [0, 0.05) is 24.2 Å². The third-order valence-corrected chi connectivity index (χ3v) is 7.59. The number of halogens is 1. The molecule has 2 aromatic rings. The Balaban J connectivity index is 1.36. The Morgan fingerprint density at radius 2 is 1.72 bits per heavy atom. The van der Waals surface area contributed by atoms with Gasteiger partial charge in [-0.1, -0.05) is 0 Å². The van der Waals surface area contributed by atoms with Gasteiger partial charge in [-0.3, -0.25) is 9.59 Å². The summed E-state index contributed by atoms with van der Waals surface area (Å²) >= 11 is 0. The van der Waals surface area contributed by atoms with Crippen molar-refractivity contribution in [3.63, 3.8) is 0 Å². The van der Waals surface area contributed by atoms with E-state index in [0.29, 0.717) is 23.4 Å². The normalized spacial score (nSPS) is 32.3. The van der Waals surface area contributed by atoms with Crippen molar-refractivity contribution in [1.29, 1.82) is 0 Å². The quantitative estimate of drug-likeness (QED) is 0.834. The average Bonchev–Trinajstić information content (AvgIpc) is 3.06. The highest BCUT2D eigenvalue weighted by atomic mass is 19.1. The molecule has 1 aromatic heterocycles. The van der Waals surface area contributed by atoms with E-state index in [2.05, 4.69) is 5.32 Å². The lowest BCUT2D eigenvalue weighted by Gasteiger charge is -2.58. The number of primary amides is 1. The second kappa shape index (κ2) is 6.44. The van der Waals surface area contributed by atoms with Gasteiger partial charge in [-0.25, -0.2) is 4.39 Å². The fourth-order valence-electron chi connectivity index (χ4n) is 6.44. The molecular weight excluding hydrogens is 369 g/mol. The monoisotopic (exact) mass is 395 g/mol. The zero-order chi connectivity index (χ0) is 20.3. The smallest absolute Gasteiger partial charge is 0.268 e. The lowest BCUT2D eigenvalue weighted by Crippen LogP contribution is -2.62. The van der Waals surface area contributed by atoms with Crippen LogP contribution in [0.5, 0.6) is 0 Å². The van der Waals surface area contributed by atoms with E-state index in [0.717, 1.165) is 43.4 Å². The molecule has 2 unspecified atom stereocenters. The highest BCUT2D eigenvalue weighted by Crippen LogP contribution is 2.59. The van der Waals surface area contributed by atoms with Crippen molar-refractivity contribution in [2.24, 2.45) is 36.0 Å². The van der Waals surface area contributed by atoms with E-state index in [1.165, 1.54) is 12.1 Å². The van der Waals surface area contributed by atoms with Gasteiger partial charge in [0.2, 0.25) is 5.91 Å². The van der Waals surface area contributed by atoms with Crippen molar-refractivity contribution in [3.05, 3.63) is 47.9 Å². The van der Waals surface area contributed by atoms with Gasteiger partial charge in [0.15, 0.2) is 0 Å². The number of amides is 2. The summed E-state index contributed by atoms with van der Waals surface area (Å²) in [7, 11) is 1.85. The molecule has 0 aliphatic heterocycles. The van der Waals surface area contributed by atoms with Gasteiger partial charge in [-0.2, -0.15) is 0 Å². The van der Waals surface area contributed by atoms with Gasteiger partial charge < -0.3 is 15.6 Å². The predicted octanol–water partition coefficient (Wildman–Crippen LogP) is 3.24. The summed E-state index contributed by atoms with van der Waals surface area (Å²) in [6.07, 6.45) is 4.67. The third kappa shape index (κ3) is 2.88. The Bertz CT molecular complexity index is 965. The average molecular weight is 395 g/mol. The molecule has 6 rings (SSSR count). The minimum absolute atomic E-state index is 0.0912. The van der Waals surface area contributed by atoms with Gasteiger partial charge in [0.25, 0.3) is 5.91 Å². The first-order valence-electron chi connectivity index (χ1n) is 10.4. The van der Waals surface area contributed by atoms with Crippen LogP contribution in [0.1, 0.15) is 42.6 Å². The largest absolute Gasteiger partial charge is 0.369 e. The first-order valence-corrected chi connectivity index (χ1v) is 10.4. The molecule has 152 valence electrons. The molecular formula is C23H26FN3O2. The van der Waals surface area contributed by atoms with E-state index in [1.54, 1.807) is 12.1 Å². The van der Waals surface area contributed by atoms with E-state index < -0.39 is 0 Å². The molecule has 4 fully saturated rings. The Morgan fingerprint density at radius 1 is 1.07 bits per heavy atom. The molecule has 0 spiro atoms. The number of nitrogens with zero attached hydrogens (tertiary/aromatic N) is 1. The number of nitrogens with one attached hydrogen (secondary N) is 1. The Labute approximate surface area is 169 Å². The molecule has 2 atom stereocenters. The molecule has 5 nitrogen and oxygen atoms in total. The van der Waals surface area contributed by atoms with Crippen molar-refractivity contribution >= 4 is 11.8 Å². The fourth-order valence-corrected chi connectivity index (χ4v) is 6.44. The number of rotatable bonds is 4. The molecule has 4 aliphatic carbocycles.